The van der Waals surface area contributed by atoms with Gasteiger partial charge in [0.25, 0.3) is 5.91 Å². The molecule has 1 aromatic carbocycles. The number of allylic oxidation sites excluding steroid dienone is 2. The molecule has 3 heterocycles. The molecule has 6 nitrogen and oxygen atoms in total. The third-order valence-corrected chi connectivity index (χ3v) is 4.09. The van der Waals surface area contributed by atoms with E-state index in [0.717, 1.165) is 11.4 Å². The predicted octanol–water partition coefficient (Wildman–Crippen LogP) is 3.10. The minimum absolute atomic E-state index is 0.203. The molecule has 0 atom stereocenters. The molecule has 0 aliphatic carbocycles. The molecule has 0 radical (unpaired) electrons. The Morgan fingerprint density at radius 1 is 1.08 bits per heavy atom. The van der Waals surface area contributed by atoms with Crippen molar-refractivity contribution in [2.24, 2.45) is 5.10 Å². The van der Waals surface area contributed by atoms with Crippen molar-refractivity contribution in [3.63, 3.8) is 0 Å². The number of benzene rings is 1. The summed E-state index contributed by atoms with van der Waals surface area (Å²) in [5.41, 5.74) is 2.15. The summed E-state index contributed by atoms with van der Waals surface area (Å²) < 4.78 is 5.83. The highest BCUT2D eigenvalue weighted by molar-refractivity contribution is 6.29. The number of anilines is 2. The van der Waals surface area contributed by atoms with Crippen LogP contribution in [-0.2, 0) is 4.79 Å². The number of nitrogens with zero attached hydrogens (tertiary/aromatic N) is 4. The zero-order valence-corrected chi connectivity index (χ0v) is 13.9. The van der Waals surface area contributed by atoms with Crippen LogP contribution in [0.3, 0.4) is 0 Å². The standard InChI is InChI=1S/C19H16N4O2/c1-13-14(19(24)23(21-13)17-9-5-6-12-20-17)10-11-18-22(2)15-7-3-4-8-16(15)25-18/h3-12H,1-2H3/b14-10-,18-11-. The molecule has 0 fully saturated rings. The summed E-state index contributed by atoms with van der Waals surface area (Å²) in [6.07, 6.45) is 5.16. The number of fused-ring (bicyclic) bond motifs is 1. The van der Waals surface area contributed by atoms with Crippen LogP contribution in [0.25, 0.3) is 0 Å². The molecule has 1 aromatic heterocycles. The number of aromatic nitrogens is 1. The molecule has 25 heavy (non-hydrogen) atoms. The SMILES string of the molecule is CC1=NN(c2ccccn2)C(=O)/C1=C\C=C1/Oc2ccccc2N1C. The summed E-state index contributed by atoms with van der Waals surface area (Å²) in [6.45, 7) is 1.80. The summed E-state index contributed by atoms with van der Waals surface area (Å²) in [6, 6.07) is 13.2. The Hall–Kier alpha value is -3.41. The largest absolute Gasteiger partial charge is 0.439 e. The molecule has 6 heteroatoms. The second kappa shape index (κ2) is 5.90. The minimum atomic E-state index is -0.203. The first-order valence-electron chi connectivity index (χ1n) is 7.89. The fraction of sp³-hybridized carbons (Fsp3) is 0.105. The van der Waals surface area contributed by atoms with Gasteiger partial charge in [-0.05, 0) is 43.3 Å². The van der Waals surface area contributed by atoms with Gasteiger partial charge in [0, 0.05) is 13.2 Å². The first kappa shape index (κ1) is 15.1. The van der Waals surface area contributed by atoms with Crippen LogP contribution in [0, 0.1) is 0 Å². The van der Waals surface area contributed by atoms with Crippen molar-refractivity contribution in [1.82, 2.24) is 4.98 Å². The van der Waals surface area contributed by atoms with E-state index in [2.05, 4.69) is 10.1 Å². The average Bonchev–Trinajstić information content (AvgIpc) is 3.11. The van der Waals surface area contributed by atoms with Crippen LogP contribution in [0.5, 0.6) is 5.75 Å². The third-order valence-electron chi connectivity index (χ3n) is 4.09. The average molecular weight is 332 g/mol. The minimum Gasteiger partial charge on any atom is -0.439 e. The molecule has 0 saturated carbocycles. The molecule has 124 valence electrons. The highest BCUT2D eigenvalue weighted by atomic mass is 16.5. The van der Waals surface area contributed by atoms with Crippen molar-refractivity contribution < 1.29 is 9.53 Å². The number of rotatable bonds is 2. The number of carbonyl (C=O) groups is 1. The van der Waals surface area contributed by atoms with E-state index in [1.807, 2.05) is 42.3 Å². The Bertz CT molecular complexity index is 931. The fourth-order valence-electron chi connectivity index (χ4n) is 2.77. The molecule has 2 aliphatic heterocycles. The van der Waals surface area contributed by atoms with Gasteiger partial charge in [0.05, 0.1) is 17.0 Å². The third kappa shape index (κ3) is 2.57. The normalized spacial score (nSPS) is 19.4. The number of pyridine rings is 1. The van der Waals surface area contributed by atoms with E-state index < -0.39 is 0 Å². The second-order valence-electron chi connectivity index (χ2n) is 5.70. The number of hydrogen-bond acceptors (Lipinski definition) is 5. The molecule has 1 amide bonds. The Morgan fingerprint density at radius 3 is 2.64 bits per heavy atom. The van der Waals surface area contributed by atoms with E-state index in [-0.39, 0.29) is 5.91 Å². The lowest BCUT2D eigenvalue weighted by atomic mass is 10.1. The Labute approximate surface area is 145 Å². The number of hydrogen-bond donors (Lipinski definition) is 0. The van der Waals surface area contributed by atoms with E-state index in [4.69, 9.17) is 4.74 Å². The van der Waals surface area contributed by atoms with Crippen LogP contribution in [0.4, 0.5) is 11.5 Å². The molecule has 0 N–H and O–H groups in total. The van der Waals surface area contributed by atoms with Crippen molar-refractivity contribution in [1.29, 1.82) is 0 Å². The van der Waals surface area contributed by atoms with Gasteiger partial charge in [-0.1, -0.05) is 18.2 Å². The Morgan fingerprint density at radius 2 is 1.88 bits per heavy atom. The predicted molar refractivity (Wildman–Crippen MR) is 96.5 cm³/mol. The van der Waals surface area contributed by atoms with Gasteiger partial charge in [-0.2, -0.15) is 10.1 Å². The van der Waals surface area contributed by atoms with Crippen molar-refractivity contribution in [3.05, 3.63) is 72.3 Å². The van der Waals surface area contributed by atoms with Gasteiger partial charge < -0.3 is 9.64 Å². The van der Waals surface area contributed by atoms with Gasteiger partial charge in [0.1, 0.15) is 0 Å². The first-order valence-corrected chi connectivity index (χ1v) is 7.89. The van der Waals surface area contributed by atoms with Crippen LogP contribution >= 0.6 is 0 Å². The Balaban J connectivity index is 1.61. The van der Waals surface area contributed by atoms with Gasteiger partial charge >= 0.3 is 0 Å². The van der Waals surface area contributed by atoms with Crippen LogP contribution in [0.15, 0.2) is 77.4 Å². The number of amides is 1. The van der Waals surface area contributed by atoms with Gasteiger partial charge in [0.2, 0.25) is 0 Å². The zero-order valence-electron chi connectivity index (χ0n) is 13.9. The molecular formula is C19H16N4O2. The zero-order chi connectivity index (χ0) is 17.4. The van der Waals surface area contributed by atoms with E-state index in [9.17, 15) is 4.79 Å². The van der Waals surface area contributed by atoms with Gasteiger partial charge in [-0.25, -0.2) is 4.98 Å². The molecule has 0 saturated heterocycles. The van der Waals surface area contributed by atoms with E-state index in [1.54, 1.807) is 37.4 Å². The maximum absolute atomic E-state index is 12.6. The van der Waals surface area contributed by atoms with Gasteiger partial charge in [0.15, 0.2) is 17.5 Å². The summed E-state index contributed by atoms with van der Waals surface area (Å²) in [7, 11) is 1.92. The second-order valence-corrected chi connectivity index (χ2v) is 5.70. The number of hydrazone groups is 1. The highest BCUT2D eigenvalue weighted by Gasteiger charge is 2.29. The lowest BCUT2D eigenvalue weighted by Gasteiger charge is -2.10. The lowest BCUT2D eigenvalue weighted by molar-refractivity contribution is -0.114. The summed E-state index contributed by atoms with van der Waals surface area (Å²) in [4.78, 5) is 18.8. The smallest absolute Gasteiger partial charge is 0.282 e. The quantitative estimate of drug-likeness (QED) is 0.793. The molecule has 0 spiro atoms. The maximum atomic E-state index is 12.6. The molecule has 0 unspecified atom stereocenters. The summed E-state index contributed by atoms with van der Waals surface area (Å²) in [5, 5.41) is 5.62. The number of para-hydroxylation sites is 2. The molecule has 2 aliphatic rings. The maximum Gasteiger partial charge on any atom is 0.282 e. The summed E-state index contributed by atoms with van der Waals surface area (Å²) in [5.74, 6) is 1.76. The lowest BCUT2D eigenvalue weighted by Crippen LogP contribution is -2.22. The molecule has 2 aromatic rings. The van der Waals surface area contributed by atoms with Gasteiger partial charge in [-0.15, -0.1) is 0 Å². The molecule has 0 bridgehead atoms. The topological polar surface area (TPSA) is 58.0 Å². The van der Waals surface area contributed by atoms with Crippen LogP contribution in [0.2, 0.25) is 0 Å². The fourth-order valence-corrected chi connectivity index (χ4v) is 2.77. The van der Waals surface area contributed by atoms with Crippen LogP contribution < -0.4 is 14.6 Å². The number of carbonyl (C=O) groups excluding carboxylic acids is 1. The molecular weight excluding hydrogens is 316 g/mol. The first-order chi connectivity index (χ1) is 12.1. The van der Waals surface area contributed by atoms with Crippen molar-refractivity contribution in [2.75, 3.05) is 17.0 Å². The van der Waals surface area contributed by atoms with E-state index in [0.29, 0.717) is 23.0 Å². The van der Waals surface area contributed by atoms with Crippen LogP contribution in [-0.4, -0.2) is 23.7 Å². The van der Waals surface area contributed by atoms with Crippen molar-refractivity contribution >= 4 is 23.1 Å². The monoisotopic (exact) mass is 332 g/mol. The van der Waals surface area contributed by atoms with Gasteiger partial charge in [-0.3, -0.25) is 4.79 Å². The number of ether oxygens (including phenoxy) is 1. The Kier molecular flexibility index (Phi) is 3.57. The van der Waals surface area contributed by atoms with E-state index in [1.165, 1.54) is 5.01 Å². The van der Waals surface area contributed by atoms with Crippen molar-refractivity contribution in [2.45, 2.75) is 6.92 Å². The van der Waals surface area contributed by atoms with Crippen molar-refractivity contribution in [3.8, 4) is 5.75 Å². The highest BCUT2D eigenvalue weighted by Crippen LogP contribution is 2.37. The summed E-state index contributed by atoms with van der Waals surface area (Å²) >= 11 is 0. The van der Waals surface area contributed by atoms with E-state index >= 15 is 0 Å². The molecule has 4 rings (SSSR count). The van der Waals surface area contributed by atoms with Crippen LogP contribution in [0.1, 0.15) is 6.92 Å².